The molecule has 1 N–H and O–H groups in total. The molecule has 4 nitrogen and oxygen atoms in total. The lowest BCUT2D eigenvalue weighted by molar-refractivity contribution is 0.193. The molecule has 1 saturated heterocycles. The Morgan fingerprint density at radius 2 is 2.35 bits per heavy atom. The third kappa shape index (κ3) is 4.08. The molecule has 0 amide bonds. The first kappa shape index (κ1) is 15.5. The van der Waals surface area contributed by atoms with Gasteiger partial charge in [0.05, 0.1) is 17.7 Å². The van der Waals surface area contributed by atoms with Gasteiger partial charge in [-0.15, -0.1) is 0 Å². The monoisotopic (exact) mass is 297 g/mol. The molecule has 1 unspecified atom stereocenters. The summed E-state index contributed by atoms with van der Waals surface area (Å²) in [5.74, 6) is 1.49. The van der Waals surface area contributed by atoms with Crippen molar-refractivity contribution in [1.82, 2.24) is 10.3 Å². The lowest BCUT2D eigenvalue weighted by Gasteiger charge is -2.25. The van der Waals surface area contributed by atoms with E-state index >= 15 is 0 Å². The van der Waals surface area contributed by atoms with Gasteiger partial charge in [0, 0.05) is 26.4 Å². The van der Waals surface area contributed by atoms with Crippen LogP contribution in [0.4, 0.5) is 5.82 Å². The molecule has 0 aromatic carbocycles. The van der Waals surface area contributed by atoms with Crippen LogP contribution < -0.4 is 10.2 Å². The lowest BCUT2D eigenvalue weighted by atomic mass is 10.2. The second kappa shape index (κ2) is 7.25. The summed E-state index contributed by atoms with van der Waals surface area (Å²) in [6.45, 7) is 7.77. The minimum atomic E-state index is 0.380. The molecule has 1 aliphatic heterocycles. The summed E-state index contributed by atoms with van der Waals surface area (Å²) < 4.78 is 5.42. The van der Waals surface area contributed by atoms with E-state index in [1.54, 1.807) is 0 Å². The third-order valence-corrected chi connectivity index (χ3v) is 3.83. The number of nitrogens with zero attached hydrogens (tertiary/aromatic N) is 2. The minimum absolute atomic E-state index is 0.380. The summed E-state index contributed by atoms with van der Waals surface area (Å²) in [6.07, 6.45) is 2.94. The van der Waals surface area contributed by atoms with Crippen LogP contribution in [0, 0.1) is 5.92 Å². The fourth-order valence-corrected chi connectivity index (χ4v) is 2.65. The van der Waals surface area contributed by atoms with Gasteiger partial charge in [-0.25, -0.2) is 4.98 Å². The third-order valence-electron chi connectivity index (χ3n) is 3.55. The number of anilines is 1. The van der Waals surface area contributed by atoms with Crippen LogP contribution in [0.3, 0.4) is 0 Å². The van der Waals surface area contributed by atoms with Crippen molar-refractivity contribution in [3.05, 3.63) is 22.8 Å². The van der Waals surface area contributed by atoms with Crippen molar-refractivity contribution < 1.29 is 4.74 Å². The predicted octanol–water partition coefficient (Wildman–Crippen LogP) is 2.71. The largest absolute Gasteiger partial charge is 0.379 e. The van der Waals surface area contributed by atoms with Crippen molar-refractivity contribution in [2.45, 2.75) is 32.9 Å². The van der Waals surface area contributed by atoms with Gasteiger partial charge in [0.1, 0.15) is 5.82 Å². The molecule has 1 atom stereocenters. The Balaban J connectivity index is 1.98. The molecule has 0 saturated carbocycles. The topological polar surface area (TPSA) is 37.4 Å². The number of ether oxygens (including phenoxy) is 1. The van der Waals surface area contributed by atoms with E-state index in [1.807, 2.05) is 19.3 Å². The number of halogens is 1. The second-order valence-electron chi connectivity index (χ2n) is 5.80. The number of likely N-dealkylation sites (N-methyl/N-ethyl adjacent to an activating group) is 1. The van der Waals surface area contributed by atoms with Gasteiger partial charge in [-0.1, -0.05) is 25.4 Å². The highest BCUT2D eigenvalue weighted by Gasteiger charge is 2.22. The number of nitrogens with one attached hydrogen (secondary N) is 1. The molecule has 2 heterocycles. The van der Waals surface area contributed by atoms with Crippen molar-refractivity contribution in [3.8, 4) is 0 Å². The van der Waals surface area contributed by atoms with Crippen molar-refractivity contribution >= 4 is 17.4 Å². The maximum atomic E-state index is 6.37. The average Bonchev–Trinajstić information content (AvgIpc) is 2.91. The van der Waals surface area contributed by atoms with Crippen molar-refractivity contribution in [2.24, 2.45) is 5.92 Å². The van der Waals surface area contributed by atoms with Gasteiger partial charge < -0.3 is 15.0 Å². The van der Waals surface area contributed by atoms with E-state index in [0.717, 1.165) is 44.1 Å². The van der Waals surface area contributed by atoms with E-state index in [0.29, 0.717) is 17.0 Å². The van der Waals surface area contributed by atoms with Crippen LogP contribution >= 0.6 is 11.6 Å². The Morgan fingerprint density at radius 3 is 2.95 bits per heavy atom. The average molecular weight is 298 g/mol. The first-order chi connectivity index (χ1) is 9.58. The number of aromatic nitrogens is 1. The van der Waals surface area contributed by atoms with Crippen LogP contribution in [-0.4, -0.2) is 37.8 Å². The van der Waals surface area contributed by atoms with E-state index in [2.05, 4.69) is 29.0 Å². The molecule has 0 radical (unpaired) electrons. The summed E-state index contributed by atoms with van der Waals surface area (Å²) >= 11 is 6.37. The Kier molecular flexibility index (Phi) is 5.64. The SMILES string of the molecule is CC(C)CNCc1cnc(N(C)C2CCOC2)c(Cl)c1. The highest BCUT2D eigenvalue weighted by molar-refractivity contribution is 6.33. The number of hydrogen-bond donors (Lipinski definition) is 1. The van der Waals surface area contributed by atoms with Gasteiger partial charge >= 0.3 is 0 Å². The Morgan fingerprint density at radius 1 is 1.55 bits per heavy atom. The van der Waals surface area contributed by atoms with E-state index in [1.165, 1.54) is 0 Å². The zero-order valence-electron chi connectivity index (χ0n) is 12.5. The second-order valence-corrected chi connectivity index (χ2v) is 6.21. The summed E-state index contributed by atoms with van der Waals surface area (Å²) in [4.78, 5) is 6.64. The smallest absolute Gasteiger partial charge is 0.147 e. The van der Waals surface area contributed by atoms with Crippen LogP contribution in [0.5, 0.6) is 0 Å². The highest BCUT2D eigenvalue weighted by atomic mass is 35.5. The van der Waals surface area contributed by atoms with Crippen molar-refractivity contribution in [3.63, 3.8) is 0 Å². The molecule has 1 aromatic rings. The summed E-state index contributed by atoms with van der Waals surface area (Å²) in [6, 6.07) is 2.38. The Hall–Kier alpha value is -0.840. The van der Waals surface area contributed by atoms with Gasteiger partial charge in [0.2, 0.25) is 0 Å². The number of hydrogen-bond acceptors (Lipinski definition) is 4. The maximum absolute atomic E-state index is 6.37. The molecule has 5 heteroatoms. The van der Waals surface area contributed by atoms with Gasteiger partial charge in [-0.3, -0.25) is 0 Å². The molecular weight excluding hydrogens is 274 g/mol. The molecule has 112 valence electrons. The molecule has 1 fully saturated rings. The quantitative estimate of drug-likeness (QED) is 0.876. The van der Waals surface area contributed by atoms with E-state index < -0.39 is 0 Å². The van der Waals surface area contributed by atoms with Crippen LogP contribution in [0.2, 0.25) is 5.02 Å². The summed E-state index contributed by atoms with van der Waals surface area (Å²) in [5, 5.41) is 4.11. The van der Waals surface area contributed by atoms with E-state index in [4.69, 9.17) is 16.3 Å². The molecule has 0 bridgehead atoms. The van der Waals surface area contributed by atoms with E-state index in [9.17, 15) is 0 Å². The minimum Gasteiger partial charge on any atom is -0.379 e. The molecule has 1 aromatic heterocycles. The maximum Gasteiger partial charge on any atom is 0.147 e. The predicted molar refractivity (Wildman–Crippen MR) is 83.4 cm³/mol. The van der Waals surface area contributed by atoms with Crippen LogP contribution in [0.1, 0.15) is 25.8 Å². The van der Waals surface area contributed by atoms with Crippen LogP contribution in [0.25, 0.3) is 0 Å². The Bertz CT molecular complexity index is 433. The standard InChI is InChI=1S/C15H24ClN3O/c1-11(2)7-17-8-12-6-14(16)15(18-9-12)19(3)13-4-5-20-10-13/h6,9,11,13,17H,4-5,7-8,10H2,1-3H3. The van der Waals surface area contributed by atoms with Gasteiger partial charge in [0.15, 0.2) is 0 Å². The van der Waals surface area contributed by atoms with Crippen molar-refractivity contribution in [2.75, 3.05) is 31.7 Å². The summed E-state index contributed by atoms with van der Waals surface area (Å²) in [7, 11) is 2.03. The zero-order valence-corrected chi connectivity index (χ0v) is 13.3. The van der Waals surface area contributed by atoms with Gasteiger partial charge in [-0.2, -0.15) is 0 Å². The van der Waals surface area contributed by atoms with Crippen LogP contribution in [0.15, 0.2) is 12.3 Å². The fourth-order valence-electron chi connectivity index (χ4n) is 2.33. The first-order valence-corrected chi connectivity index (χ1v) is 7.61. The first-order valence-electron chi connectivity index (χ1n) is 7.23. The van der Waals surface area contributed by atoms with E-state index in [-0.39, 0.29) is 0 Å². The number of pyridine rings is 1. The van der Waals surface area contributed by atoms with Crippen LogP contribution in [-0.2, 0) is 11.3 Å². The normalized spacial score (nSPS) is 18.8. The van der Waals surface area contributed by atoms with Gasteiger partial charge in [0.25, 0.3) is 0 Å². The number of rotatable bonds is 6. The molecular formula is C15H24ClN3O. The molecule has 0 spiro atoms. The fraction of sp³-hybridized carbons (Fsp3) is 0.667. The molecule has 0 aliphatic carbocycles. The Labute approximate surface area is 126 Å². The summed E-state index contributed by atoms with van der Waals surface area (Å²) in [5.41, 5.74) is 1.12. The molecule has 1 aliphatic rings. The van der Waals surface area contributed by atoms with Gasteiger partial charge in [-0.05, 0) is 30.5 Å². The molecule has 2 rings (SSSR count). The zero-order chi connectivity index (χ0) is 14.5. The van der Waals surface area contributed by atoms with Crippen molar-refractivity contribution in [1.29, 1.82) is 0 Å². The highest BCUT2D eigenvalue weighted by Crippen LogP contribution is 2.26. The lowest BCUT2D eigenvalue weighted by Crippen LogP contribution is -2.32. The molecule has 20 heavy (non-hydrogen) atoms.